The number of aliphatic carboxylic acids is 1. The fourth-order valence-corrected chi connectivity index (χ4v) is 1.59. The van der Waals surface area contributed by atoms with E-state index in [9.17, 15) is 22.8 Å². The van der Waals surface area contributed by atoms with Crippen LogP contribution in [0.2, 0.25) is 0 Å². The van der Waals surface area contributed by atoms with E-state index < -0.39 is 30.3 Å². The van der Waals surface area contributed by atoms with Crippen LogP contribution in [0.4, 0.5) is 18.0 Å². The van der Waals surface area contributed by atoms with E-state index in [1.165, 1.54) is 0 Å². The van der Waals surface area contributed by atoms with Gasteiger partial charge in [-0.15, -0.1) is 0 Å². The van der Waals surface area contributed by atoms with Gasteiger partial charge in [0.05, 0.1) is 0 Å². The molecule has 0 bridgehead atoms. The Bertz CT molecular complexity index is 343. The third-order valence-corrected chi connectivity index (χ3v) is 2.56. The van der Waals surface area contributed by atoms with Crippen molar-refractivity contribution in [1.29, 1.82) is 0 Å². The van der Waals surface area contributed by atoms with Gasteiger partial charge in [-0.2, -0.15) is 13.2 Å². The largest absolute Gasteiger partial charge is 0.481 e. The molecular weight excluding hydrogens is 277 g/mol. The van der Waals surface area contributed by atoms with Crippen LogP contribution in [0.3, 0.4) is 0 Å². The molecule has 0 spiro atoms. The Hall–Kier alpha value is -1.47. The predicted molar refractivity (Wildman–Crippen MR) is 67.4 cm³/mol. The standard InChI is InChI=1S/C12H21F3N2O3/c1-4-7-17(8-12(13,14)15)10(20)16-11(2,3)6-5-9(18)19/h4-8H2,1-3H3,(H,16,20)(H,18,19). The molecular formula is C12H21F3N2O3. The van der Waals surface area contributed by atoms with E-state index in [1.807, 2.05) is 0 Å². The molecule has 0 heterocycles. The van der Waals surface area contributed by atoms with Crippen LogP contribution in [0.25, 0.3) is 0 Å². The maximum absolute atomic E-state index is 12.4. The van der Waals surface area contributed by atoms with Crippen molar-refractivity contribution < 1.29 is 27.9 Å². The molecule has 0 aromatic carbocycles. The lowest BCUT2D eigenvalue weighted by molar-refractivity contribution is -0.140. The lowest BCUT2D eigenvalue weighted by Gasteiger charge is -2.31. The Morgan fingerprint density at radius 3 is 2.20 bits per heavy atom. The fraction of sp³-hybridized carbons (Fsp3) is 0.833. The minimum atomic E-state index is -4.46. The first-order valence-corrected chi connectivity index (χ1v) is 6.32. The van der Waals surface area contributed by atoms with Gasteiger partial charge in [-0.1, -0.05) is 6.92 Å². The lowest BCUT2D eigenvalue weighted by Crippen LogP contribution is -2.52. The second-order valence-corrected chi connectivity index (χ2v) is 5.24. The molecule has 8 heteroatoms. The Morgan fingerprint density at radius 2 is 1.80 bits per heavy atom. The summed E-state index contributed by atoms with van der Waals surface area (Å²) in [6.07, 6.45) is -4.09. The number of carboxylic acid groups (broad SMARTS) is 1. The van der Waals surface area contributed by atoms with Crippen molar-refractivity contribution in [2.24, 2.45) is 0 Å². The summed E-state index contributed by atoms with van der Waals surface area (Å²) < 4.78 is 37.1. The van der Waals surface area contributed by atoms with Gasteiger partial charge in [0.2, 0.25) is 0 Å². The van der Waals surface area contributed by atoms with E-state index in [2.05, 4.69) is 5.32 Å². The normalized spacial score (nSPS) is 12.1. The first-order chi connectivity index (χ1) is 8.97. The van der Waals surface area contributed by atoms with Gasteiger partial charge in [0.15, 0.2) is 0 Å². The topological polar surface area (TPSA) is 69.6 Å². The molecule has 0 rings (SSSR count). The quantitative estimate of drug-likeness (QED) is 0.759. The van der Waals surface area contributed by atoms with Crippen LogP contribution in [0.1, 0.15) is 40.0 Å². The van der Waals surface area contributed by atoms with Crippen LogP contribution >= 0.6 is 0 Å². The highest BCUT2D eigenvalue weighted by Gasteiger charge is 2.34. The monoisotopic (exact) mass is 298 g/mol. The number of hydrogen-bond donors (Lipinski definition) is 2. The molecule has 0 fully saturated rings. The second kappa shape index (κ2) is 7.35. The number of halogens is 3. The van der Waals surface area contributed by atoms with Crippen LogP contribution in [0, 0.1) is 0 Å². The van der Waals surface area contributed by atoms with Gasteiger partial charge in [-0.25, -0.2) is 4.79 Å². The van der Waals surface area contributed by atoms with Crippen LogP contribution in [-0.4, -0.2) is 46.8 Å². The maximum Gasteiger partial charge on any atom is 0.406 e. The molecule has 2 N–H and O–H groups in total. The number of nitrogens with one attached hydrogen (secondary N) is 1. The molecule has 0 aromatic rings. The number of urea groups is 1. The van der Waals surface area contributed by atoms with Crippen molar-refractivity contribution in [2.75, 3.05) is 13.1 Å². The molecule has 5 nitrogen and oxygen atoms in total. The number of amides is 2. The van der Waals surface area contributed by atoms with Crippen molar-refractivity contribution in [2.45, 2.75) is 51.7 Å². The summed E-state index contributed by atoms with van der Waals surface area (Å²) in [4.78, 5) is 23.0. The van der Waals surface area contributed by atoms with Gasteiger partial charge in [0, 0.05) is 18.5 Å². The first-order valence-electron chi connectivity index (χ1n) is 6.32. The summed E-state index contributed by atoms with van der Waals surface area (Å²) in [5.74, 6) is -1.02. The number of carboxylic acids is 1. The van der Waals surface area contributed by atoms with Gasteiger partial charge >= 0.3 is 18.2 Å². The number of hydrogen-bond acceptors (Lipinski definition) is 2. The smallest absolute Gasteiger partial charge is 0.406 e. The van der Waals surface area contributed by atoms with Gasteiger partial charge in [-0.05, 0) is 26.7 Å². The number of carbonyl (C=O) groups excluding carboxylic acids is 1. The van der Waals surface area contributed by atoms with E-state index in [4.69, 9.17) is 5.11 Å². The number of rotatable bonds is 7. The van der Waals surface area contributed by atoms with Crippen LogP contribution in [-0.2, 0) is 4.79 Å². The number of carbonyl (C=O) groups is 2. The Labute approximate surface area is 116 Å². The van der Waals surface area contributed by atoms with Gasteiger partial charge in [0.25, 0.3) is 0 Å². The average molecular weight is 298 g/mol. The van der Waals surface area contributed by atoms with Crippen LogP contribution < -0.4 is 5.32 Å². The van der Waals surface area contributed by atoms with Gasteiger partial charge in [-0.3, -0.25) is 4.79 Å². The molecule has 0 aliphatic heterocycles. The summed E-state index contributed by atoms with van der Waals surface area (Å²) in [6, 6.07) is -0.834. The number of nitrogens with zero attached hydrogens (tertiary/aromatic N) is 1. The molecule has 0 aliphatic carbocycles. The highest BCUT2D eigenvalue weighted by atomic mass is 19.4. The molecule has 0 saturated carbocycles. The van der Waals surface area contributed by atoms with E-state index in [0.29, 0.717) is 11.3 Å². The molecule has 0 radical (unpaired) electrons. The van der Waals surface area contributed by atoms with Crippen molar-refractivity contribution in [3.05, 3.63) is 0 Å². The van der Waals surface area contributed by atoms with E-state index in [-0.39, 0.29) is 19.4 Å². The average Bonchev–Trinajstić information content (AvgIpc) is 2.23. The molecule has 2 amide bonds. The Kier molecular flexibility index (Phi) is 6.81. The summed E-state index contributed by atoms with van der Waals surface area (Å²) >= 11 is 0. The lowest BCUT2D eigenvalue weighted by atomic mass is 9.99. The van der Waals surface area contributed by atoms with E-state index in [1.54, 1.807) is 20.8 Å². The summed E-state index contributed by atoms with van der Waals surface area (Å²) in [7, 11) is 0. The van der Waals surface area contributed by atoms with Crippen molar-refractivity contribution in [1.82, 2.24) is 10.2 Å². The van der Waals surface area contributed by atoms with Crippen LogP contribution in [0.5, 0.6) is 0 Å². The zero-order chi connectivity index (χ0) is 16.0. The molecule has 0 unspecified atom stereocenters. The van der Waals surface area contributed by atoms with Gasteiger partial charge < -0.3 is 15.3 Å². The summed E-state index contributed by atoms with van der Waals surface area (Å²) in [5.41, 5.74) is -0.882. The highest BCUT2D eigenvalue weighted by Crippen LogP contribution is 2.18. The minimum Gasteiger partial charge on any atom is -0.481 e. The summed E-state index contributed by atoms with van der Waals surface area (Å²) in [5, 5.41) is 11.0. The first kappa shape index (κ1) is 18.5. The molecule has 0 aliphatic rings. The van der Waals surface area contributed by atoms with Gasteiger partial charge in [0.1, 0.15) is 6.54 Å². The molecule has 118 valence electrons. The van der Waals surface area contributed by atoms with Crippen LogP contribution in [0.15, 0.2) is 0 Å². The zero-order valence-electron chi connectivity index (χ0n) is 11.9. The van der Waals surface area contributed by atoms with Crippen molar-refractivity contribution in [3.63, 3.8) is 0 Å². The molecule has 0 aromatic heterocycles. The van der Waals surface area contributed by atoms with Crippen molar-refractivity contribution in [3.8, 4) is 0 Å². The summed E-state index contributed by atoms with van der Waals surface area (Å²) in [6.45, 7) is 3.49. The predicted octanol–water partition coefficient (Wildman–Crippen LogP) is 2.61. The SMILES string of the molecule is CCCN(CC(F)(F)F)C(=O)NC(C)(C)CCC(=O)O. The third-order valence-electron chi connectivity index (χ3n) is 2.56. The van der Waals surface area contributed by atoms with Crippen molar-refractivity contribution >= 4 is 12.0 Å². The molecule has 0 saturated heterocycles. The Balaban J connectivity index is 4.61. The fourth-order valence-electron chi connectivity index (χ4n) is 1.59. The zero-order valence-corrected chi connectivity index (χ0v) is 11.9. The third kappa shape index (κ3) is 8.60. The minimum absolute atomic E-state index is 0.0135. The maximum atomic E-state index is 12.4. The Morgan fingerprint density at radius 1 is 1.25 bits per heavy atom. The number of alkyl halides is 3. The van der Waals surface area contributed by atoms with E-state index >= 15 is 0 Å². The van der Waals surface area contributed by atoms with E-state index in [0.717, 1.165) is 0 Å². The second-order valence-electron chi connectivity index (χ2n) is 5.24. The highest BCUT2D eigenvalue weighted by molar-refractivity contribution is 5.75. The molecule has 0 atom stereocenters. The molecule has 20 heavy (non-hydrogen) atoms.